The summed E-state index contributed by atoms with van der Waals surface area (Å²) in [5.41, 5.74) is 2.00. The van der Waals surface area contributed by atoms with E-state index in [2.05, 4.69) is 15.2 Å². The lowest BCUT2D eigenvalue weighted by Gasteiger charge is -2.05. The maximum atomic E-state index is 6.19. The highest BCUT2D eigenvalue weighted by Crippen LogP contribution is 2.27. The molecule has 0 saturated carbocycles. The van der Waals surface area contributed by atoms with E-state index in [0.29, 0.717) is 16.0 Å². The Labute approximate surface area is 143 Å². The van der Waals surface area contributed by atoms with Crippen LogP contribution in [0.25, 0.3) is 11.4 Å². The summed E-state index contributed by atoms with van der Waals surface area (Å²) >= 11 is 7.77. The highest BCUT2D eigenvalue weighted by atomic mass is 35.5. The number of aryl methyl sites for hydroxylation is 2. The molecule has 3 aromatic rings. The van der Waals surface area contributed by atoms with Gasteiger partial charge in [-0.15, -0.1) is 10.2 Å². The minimum absolute atomic E-state index is 0.574. The summed E-state index contributed by atoms with van der Waals surface area (Å²) in [6.45, 7) is 0. The Morgan fingerprint density at radius 3 is 2.83 bits per heavy atom. The number of benzene rings is 1. The third-order valence-corrected chi connectivity index (χ3v) is 4.86. The Balaban J connectivity index is 1.62. The molecule has 120 valence electrons. The van der Waals surface area contributed by atoms with Crippen molar-refractivity contribution in [3.63, 3.8) is 0 Å². The van der Waals surface area contributed by atoms with Gasteiger partial charge in [0.15, 0.2) is 5.82 Å². The van der Waals surface area contributed by atoms with Gasteiger partial charge in [0.2, 0.25) is 5.16 Å². The van der Waals surface area contributed by atoms with E-state index in [-0.39, 0.29) is 0 Å². The van der Waals surface area contributed by atoms with Crippen LogP contribution in [0.5, 0.6) is 0 Å². The van der Waals surface area contributed by atoms with Crippen molar-refractivity contribution >= 4 is 23.4 Å². The summed E-state index contributed by atoms with van der Waals surface area (Å²) in [6, 6.07) is 7.46. The second kappa shape index (κ2) is 7.06. The molecule has 8 heteroatoms. The number of hydrogen-bond acceptors (Lipinski definition) is 5. The normalized spacial score (nSPS) is 11.0. The van der Waals surface area contributed by atoms with E-state index in [0.717, 1.165) is 24.2 Å². The fraction of sp³-hybridized carbons (Fsp3) is 0.267. The number of nitrogen functional groups attached to an aromatic ring is 1. The topological polar surface area (TPSA) is 74.5 Å². The number of thioether (sulfide) groups is 1. The molecule has 2 N–H and O–H groups in total. The number of rotatable bonds is 6. The maximum Gasteiger partial charge on any atom is 0.210 e. The third kappa shape index (κ3) is 3.51. The van der Waals surface area contributed by atoms with Gasteiger partial charge >= 0.3 is 0 Å². The molecule has 0 aliphatic carbocycles. The largest absolute Gasteiger partial charge is 0.338 e. The monoisotopic (exact) mass is 348 g/mol. The first-order valence-corrected chi connectivity index (χ1v) is 8.56. The predicted molar refractivity (Wildman–Crippen MR) is 92.9 cm³/mol. The molecular weight excluding hydrogens is 332 g/mol. The number of nitrogens with two attached hydrogens (primary N) is 1. The minimum atomic E-state index is 0.574. The van der Waals surface area contributed by atoms with Gasteiger partial charge in [0, 0.05) is 30.3 Å². The lowest BCUT2D eigenvalue weighted by molar-refractivity contribution is 0.786. The lowest BCUT2D eigenvalue weighted by atomic mass is 10.2. The van der Waals surface area contributed by atoms with E-state index in [1.807, 2.05) is 48.4 Å². The third-order valence-electron chi connectivity index (χ3n) is 3.50. The van der Waals surface area contributed by atoms with E-state index in [9.17, 15) is 0 Å². The summed E-state index contributed by atoms with van der Waals surface area (Å²) in [7, 11) is 2.00. The van der Waals surface area contributed by atoms with Crippen molar-refractivity contribution in [3.05, 3.63) is 47.5 Å². The zero-order chi connectivity index (χ0) is 16.2. The van der Waals surface area contributed by atoms with Crippen molar-refractivity contribution in [1.29, 1.82) is 0 Å². The molecule has 1 aromatic carbocycles. The molecule has 0 aliphatic heterocycles. The molecule has 0 bridgehead atoms. The summed E-state index contributed by atoms with van der Waals surface area (Å²) < 4.78 is 3.53. The number of aromatic nitrogens is 5. The zero-order valence-corrected chi connectivity index (χ0v) is 14.3. The van der Waals surface area contributed by atoms with Crippen molar-refractivity contribution < 1.29 is 0 Å². The van der Waals surface area contributed by atoms with Gasteiger partial charge in [0.05, 0.1) is 11.3 Å². The van der Waals surface area contributed by atoms with Crippen LogP contribution in [0.2, 0.25) is 5.02 Å². The molecule has 0 spiro atoms. The molecule has 0 aliphatic rings. The van der Waals surface area contributed by atoms with Crippen LogP contribution in [0.4, 0.5) is 0 Å². The first-order valence-electron chi connectivity index (χ1n) is 7.20. The highest BCUT2D eigenvalue weighted by molar-refractivity contribution is 7.99. The van der Waals surface area contributed by atoms with E-state index < -0.39 is 0 Å². The van der Waals surface area contributed by atoms with Crippen LogP contribution < -0.4 is 5.84 Å². The van der Waals surface area contributed by atoms with Gasteiger partial charge in [0.25, 0.3) is 0 Å². The Morgan fingerprint density at radius 1 is 1.26 bits per heavy atom. The Kier molecular flexibility index (Phi) is 4.88. The minimum Gasteiger partial charge on any atom is -0.338 e. The quantitative estimate of drug-likeness (QED) is 0.421. The van der Waals surface area contributed by atoms with Gasteiger partial charge < -0.3 is 10.4 Å². The van der Waals surface area contributed by atoms with Crippen LogP contribution in [0.1, 0.15) is 12.1 Å². The van der Waals surface area contributed by atoms with Gasteiger partial charge in [-0.05, 0) is 25.0 Å². The molecule has 2 heterocycles. The molecule has 23 heavy (non-hydrogen) atoms. The molecule has 3 rings (SSSR count). The van der Waals surface area contributed by atoms with Gasteiger partial charge in [-0.25, -0.2) is 9.66 Å². The van der Waals surface area contributed by atoms with Crippen molar-refractivity contribution in [3.8, 4) is 11.4 Å². The van der Waals surface area contributed by atoms with E-state index in [4.69, 9.17) is 17.4 Å². The molecule has 0 atom stereocenters. The van der Waals surface area contributed by atoms with E-state index in [1.54, 1.807) is 11.8 Å². The standard InChI is InChI=1S/C15H17ClN6S/c1-21-10-18-9-11(21)5-4-8-23-15-20-19-14(22(15)17)12-6-2-3-7-13(12)16/h2-3,6-7,9-10H,4-5,8,17H2,1H3. The Morgan fingerprint density at radius 2 is 2.09 bits per heavy atom. The maximum absolute atomic E-state index is 6.19. The molecule has 0 saturated heterocycles. The summed E-state index contributed by atoms with van der Waals surface area (Å²) in [6.07, 6.45) is 5.69. The van der Waals surface area contributed by atoms with Crippen molar-refractivity contribution in [2.45, 2.75) is 18.0 Å². The van der Waals surface area contributed by atoms with Crippen LogP contribution in [0.3, 0.4) is 0 Å². The smallest absolute Gasteiger partial charge is 0.210 e. The molecule has 0 amide bonds. The molecule has 0 fully saturated rings. The first kappa shape index (κ1) is 15.9. The fourth-order valence-corrected chi connectivity index (χ4v) is 3.26. The van der Waals surface area contributed by atoms with Crippen LogP contribution >= 0.6 is 23.4 Å². The summed E-state index contributed by atoms with van der Waals surface area (Å²) in [5.74, 6) is 7.58. The highest BCUT2D eigenvalue weighted by Gasteiger charge is 2.14. The van der Waals surface area contributed by atoms with Crippen molar-refractivity contribution in [2.75, 3.05) is 11.6 Å². The van der Waals surface area contributed by atoms with Crippen LogP contribution in [-0.4, -0.2) is 30.2 Å². The van der Waals surface area contributed by atoms with E-state index in [1.165, 1.54) is 10.4 Å². The Hall–Kier alpha value is -1.99. The van der Waals surface area contributed by atoms with Gasteiger partial charge in [0.1, 0.15) is 0 Å². The van der Waals surface area contributed by atoms with Crippen molar-refractivity contribution in [2.24, 2.45) is 7.05 Å². The molecule has 0 unspecified atom stereocenters. The summed E-state index contributed by atoms with van der Waals surface area (Å²) in [5, 5.41) is 9.61. The Bertz CT molecular complexity index is 797. The average Bonchev–Trinajstić information content (AvgIpc) is 3.11. The van der Waals surface area contributed by atoms with Crippen molar-refractivity contribution in [1.82, 2.24) is 24.4 Å². The number of halogens is 1. The zero-order valence-electron chi connectivity index (χ0n) is 12.7. The van der Waals surface area contributed by atoms with Crippen LogP contribution in [-0.2, 0) is 13.5 Å². The average molecular weight is 349 g/mol. The molecule has 0 radical (unpaired) electrons. The summed E-state index contributed by atoms with van der Waals surface area (Å²) in [4.78, 5) is 4.12. The lowest BCUT2D eigenvalue weighted by Crippen LogP contribution is -2.11. The van der Waals surface area contributed by atoms with Gasteiger partial charge in [-0.3, -0.25) is 0 Å². The van der Waals surface area contributed by atoms with Crippen LogP contribution in [0.15, 0.2) is 41.9 Å². The van der Waals surface area contributed by atoms with Gasteiger partial charge in [-0.1, -0.05) is 35.5 Å². The SMILES string of the molecule is Cn1cncc1CCCSc1nnc(-c2ccccc2Cl)n1N. The van der Waals surface area contributed by atoms with Crippen LogP contribution in [0, 0.1) is 0 Å². The molecule has 2 aromatic heterocycles. The number of hydrogen-bond donors (Lipinski definition) is 1. The fourth-order valence-electron chi connectivity index (χ4n) is 2.24. The van der Waals surface area contributed by atoms with E-state index >= 15 is 0 Å². The number of nitrogens with zero attached hydrogens (tertiary/aromatic N) is 5. The molecule has 6 nitrogen and oxygen atoms in total. The predicted octanol–water partition coefficient (Wildman–Crippen LogP) is 2.77. The molecular formula is C15H17ClN6S. The second-order valence-electron chi connectivity index (χ2n) is 5.10. The second-order valence-corrected chi connectivity index (χ2v) is 6.57. The van der Waals surface area contributed by atoms with Gasteiger partial charge in [-0.2, -0.15) is 0 Å². The first-order chi connectivity index (χ1) is 11.2. The number of imidazole rings is 1.